The highest BCUT2D eigenvalue weighted by atomic mass is 16.2. The van der Waals surface area contributed by atoms with Crippen LogP contribution in [0.15, 0.2) is 46.2 Å². The van der Waals surface area contributed by atoms with E-state index in [0.29, 0.717) is 27.6 Å². The number of hydrogen-bond donors (Lipinski definition) is 4. The number of nitrogens with one attached hydrogen (secondary N) is 2. The summed E-state index contributed by atoms with van der Waals surface area (Å²) in [5.41, 5.74) is 9.54. The van der Waals surface area contributed by atoms with E-state index < -0.39 is 0 Å². The van der Waals surface area contributed by atoms with E-state index in [2.05, 4.69) is 20.7 Å². The minimum atomic E-state index is -0.253. The van der Waals surface area contributed by atoms with Crippen molar-refractivity contribution in [3.8, 4) is 0 Å². The Hall–Kier alpha value is -2.45. The lowest BCUT2D eigenvalue weighted by molar-refractivity contribution is -0.702. The maximum Gasteiger partial charge on any atom is 0.276 e. The Morgan fingerprint density at radius 1 is 1.40 bits per heavy atom. The molecule has 2 unspecified atom stereocenters. The number of carbonyl (C=O) groups excluding carboxylic acids is 1. The first-order chi connectivity index (χ1) is 12.0. The van der Waals surface area contributed by atoms with Crippen LogP contribution in [0.3, 0.4) is 0 Å². The predicted octanol–water partition coefficient (Wildman–Crippen LogP) is 0.571. The third-order valence-electron chi connectivity index (χ3n) is 5.02. The first-order valence-electron chi connectivity index (χ1n) is 8.65. The average molecular weight is 344 g/mol. The van der Waals surface area contributed by atoms with Crippen LogP contribution in [0.5, 0.6) is 0 Å². The largest absolute Gasteiger partial charge is 0.399 e. The summed E-state index contributed by atoms with van der Waals surface area (Å²) in [6.45, 7) is 0. The summed E-state index contributed by atoms with van der Waals surface area (Å²) < 4.78 is 0.343. The van der Waals surface area contributed by atoms with Gasteiger partial charge in [0, 0.05) is 11.9 Å². The molecule has 2 heterocycles. The summed E-state index contributed by atoms with van der Waals surface area (Å²) >= 11 is 0. The van der Waals surface area contributed by atoms with Gasteiger partial charge in [0.25, 0.3) is 11.7 Å². The molecule has 0 aromatic carbocycles. The number of amides is 1. The molecule has 3 aliphatic rings. The number of nitrogens with two attached hydrogens (primary N) is 2. The second-order valence-corrected chi connectivity index (χ2v) is 6.87. The standard InChI is InChI=1S/C17H25N7O/c1-24-8-7-20-10-15(24)22-14(11-24)17(25)23-16(13(18)9-21-19)12-5-3-2-4-6-12/h7-12,16H,2-6H2,1H3,(H5-,18,19,20,21,22,23,25)/p+1. The van der Waals surface area contributed by atoms with Crippen molar-refractivity contribution in [2.75, 3.05) is 7.05 Å². The quantitative estimate of drug-likeness (QED) is 0.331. The number of amidine groups is 1. The highest BCUT2D eigenvalue weighted by molar-refractivity contribution is 6.28. The molecule has 1 fully saturated rings. The van der Waals surface area contributed by atoms with Crippen molar-refractivity contribution in [3.05, 3.63) is 36.2 Å². The topological polar surface area (TPSA) is 118 Å². The van der Waals surface area contributed by atoms with Gasteiger partial charge in [0.05, 0.1) is 19.3 Å². The summed E-state index contributed by atoms with van der Waals surface area (Å²) in [5, 5.41) is 3.06. The molecule has 0 saturated heterocycles. The summed E-state index contributed by atoms with van der Waals surface area (Å²) in [4.78, 5) is 21.3. The van der Waals surface area contributed by atoms with Gasteiger partial charge in [0.15, 0.2) is 5.70 Å². The molecule has 25 heavy (non-hydrogen) atoms. The van der Waals surface area contributed by atoms with Gasteiger partial charge >= 0.3 is 0 Å². The Labute approximate surface area is 147 Å². The van der Waals surface area contributed by atoms with E-state index in [1.165, 1.54) is 6.42 Å². The van der Waals surface area contributed by atoms with Gasteiger partial charge in [-0.2, -0.15) is 4.99 Å². The van der Waals surface area contributed by atoms with Crippen molar-refractivity contribution >= 4 is 18.0 Å². The van der Waals surface area contributed by atoms with Gasteiger partial charge < -0.3 is 16.5 Å². The Morgan fingerprint density at radius 3 is 2.84 bits per heavy atom. The number of fused-ring (bicyclic) bond motifs is 1. The monoisotopic (exact) mass is 344 g/mol. The van der Waals surface area contributed by atoms with Crippen LogP contribution in [-0.4, -0.2) is 35.5 Å². The van der Waals surface area contributed by atoms with Crippen molar-refractivity contribution in [1.29, 1.82) is 0 Å². The van der Waals surface area contributed by atoms with Crippen molar-refractivity contribution in [1.82, 2.24) is 10.7 Å². The molecular formula is C17H26N7O+. The van der Waals surface area contributed by atoms with E-state index in [1.54, 1.807) is 18.6 Å². The zero-order chi connectivity index (χ0) is 17.9. The molecule has 0 spiro atoms. The van der Waals surface area contributed by atoms with Crippen LogP contribution < -0.4 is 22.3 Å². The minimum Gasteiger partial charge on any atom is -0.399 e. The molecule has 1 amide bonds. The highest BCUT2D eigenvalue weighted by Crippen LogP contribution is 2.29. The Morgan fingerprint density at radius 2 is 2.16 bits per heavy atom. The van der Waals surface area contributed by atoms with Gasteiger partial charge in [-0.05, 0) is 18.8 Å². The molecule has 0 aromatic heterocycles. The fourth-order valence-electron chi connectivity index (χ4n) is 3.59. The van der Waals surface area contributed by atoms with Crippen molar-refractivity contribution in [2.45, 2.75) is 38.1 Å². The van der Waals surface area contributed by atoms with E-state index in [1.807, 2.05) is 19.4 Å². The summed E-state index contributed by atoms with van der Waals surface area (Å²) in [6, 6.07) is -0.253. The SMILES string of the molecule is C[N+]12C=CN=CC1=NC(C(=O)NC(C(N)=CNN)C1CCCCC1)=C2. The average Bonchev–Trinajstić information content (AvgIpc) is 2.98. The highest BCUT2D eigenvalue weighted by Gasteiger charge is 2.36. The zero-order valence-electron chi connectivity index (χ0n) is 14.5. The lowest BCUT2D eigenvalue weighted by atomic mass is 9.82. The van der Waals surface area contributed by atoms with Gasteiger partial charge in [-0.15, -0.1) is 0 Å². The number of carbonyl (C=O) groups is 1. The Bertz CT molecular complexity index is 685. The van der Waals surface area contributed by atoms with Gasteiger partial charge in [0.2, 0.25) is 0 Å². The van der Waals surface area contributed by atoms with E-state index in [0.717, 1.165) is 25.7 Å². The maximum atomic E-state index is 12.8. The fourth-order valence-corrected chi connectivity index (χ4v) is 3.59. The molecule has 0 aromatic rings. The molecule has 8 nitrogen and oxygen atoms in total. The predicted molar refractivity (Wildman–Crippen MR) is 97.4 cm³/mol. The number of aliphatic imine (C=N–C) groups is 2. The third-order valence-corrected chi connectivity index (χ3v) is 5.02. The Balaban J connectivity index is 1.78. The van der Waals surface area contributed by atoms with Crippen LogP contribution in [0.25, 0.3) is 0 Å². The van der Waals surface area contributed by atoms with Crippen molar-refractivity contribution < 1.29 is 9.28 Å². The van der Waals surface area contributed by atoms with Crippen LogP contribution in [-0.2, 0) is 4.79 Å². The normalized spacial score (nSPS) is 27.4. The molecule has 3 rings (SSSR count). The van der Waals surface area contributed by atoms with Crippen LogP contribution in [0.2, 0.25) is 0 Å². The summed E-state index contributed by atoms with van der Waals surface area (Å²) in [5.74, 6) is 6.17. The lowest BCUT2D eigenvalue weighted by Crippen LogP contribution is -2.45. The van der Waals surface area contributed by atoms with Crippen LogP contribution >= 0.6 is 0 Å². The number of nitrogens with zero attached hydrogens (tertiary/aromatic N) is 3. The molecular weight excluding hydrogens is 318 g/mol. The number of quaternary nitrogens is 1. The van der Waals surface area contributed by atoms with Gasteiger partial charge in [-0.25, -0.2) is 4.48 Å². The van der Waals surface area contributed by atoms with Crippen LogP contribution in [0, 0.1) is 5.92 Å². The van der Waals surface area contributed by atoms with Crippen molar-refractivity contribution in [2.24, 2.45) is 27.5 Å². The van der Waals surface area contributed by atoms with Gasteiger partial charge in [-0.3, -0.25) is 15.6 Å². The number of hydrazine groups is 1. The zero-order valence-corrected chi connectivity index (χ0v) is 14.5. The number of hydrogen-bond acceptors (Lipinski definition) is 6. The van der Waals surface area contributed by atoms with Crippen LogP contribution in [0.4, 0.5) is 0 Å². The molecule has 0 radical (unpaired) electrons. The maximum absolute atomic E-state index is 12.8. The fraction of sp³-hybridized carbons (Fsp3) is 0.471. The van der Waals surface area contributed by atoms with Crippen molar-refractivity contribution in [3.63, 3.8) is 0 Å². The molecule has 0 bridgehead atoms. The molecule has 2 atom stereocenters. The molecule has 8 heteroatoms. The first kappa shape index (κ1) is 17.4. The van der Waals surface area contributed by atoms with E-state index in [4.69, 9.17) is 11.6 Å². The molecule has 1 saturated carbocycles. The summed E-state index contributed by atoms with van der Waals surface area (Å²) in [6.07, 6.45) is 14.2. The third kappa shape index (κ3) is 3.64. The second-order valence-electron chi connectivity index (χ2n) is 6.87. The van der Waals surface area contributed by atoms with E-state index in [-0.39, 0.29) is 11.9 Å². The molecule has 2 aliphatic heterocycles. The smallest absolute Gasteiger partial charge is 0.276 e. The minimum absolute atomic E-state index is 0.230. The van der Waals surface area contributed by atoms with Gasteiger partial charge in [-0.1, -0.05) is 19.3 Å². The van der Waals surface area contributed by atoms with E-state index >= 15 is 0 Å². The van der Waals surface area contributed by atoms with E-state index in [9.17, 15) is 4.79 Å². The number of rotatable bonds is 5. The lowest BCUT2D eigenvalue weighted by Gasteiger charge is -2.31. The van der Waals surface area contributed by atoms with Crippen LogP contribution in [0.1, 0.15) is 32.1 Å². The first-order valence-corrected chi connectivity index (χ1v) is 8.65. The second kappa shape index (κ2) is 7.20. The molecule has 134 valence electrons. The molecule has 1 aliphatic carbocycles. The Kier molecular flexibility index (Phi) is 5.00. The summed E-state index contributed by atoms with van der Waals surface area (Å²) in [7, 11) is 1.95. The van der Waals surface area contributed by atoms with Gasteiger partial charge in [0.1, 0.15) is 18.6 Å². The molecule has 6 N–H and O–H groups in total.